The molecule has 0 radical (unpaired) electrons. The number of anilines is 2. The number of nitrogens with zero attached hydrogens (tertiary/aromatic N) is 5. The van der Waals surface area contributed by atoms with Gasteiger partial charge in [-0.1, -0.05) is 49.4 Å². The minimum absolute atomic E-state index is 0.0808. The van der Waals surface area contributed by atoms with Gasteiger partial charge in [-0.3, -0.25) is 0 Å². The first-order valence-corrected chi connectivity index (χ1v) is 9.33. The van der Waals surface area contributed by atoms with Crippen molar-refractivity contribution in [3.05, 3.63) is 84.4 Å². The van der Waals surface area contributed by atoms with E-state index in [1.165, 1.54) is 0 Å². The van der Waals surface area contributed by atoms with E-state index in [2.05, 4.69) is 47.3 Å². The standard InChI is InChI=1S/C23H21N5/c1-17(2)23(28-22-11-7-6-10-21(22)25-26-28)27(19-8-4-3-5-9-19)20-14-12-18(16-24)13-15-20/h3-15,17,23H,1-2H3. The Hall–Kier alpha value is -3.65. The van der Waals surface area contributed by atoms with Crippen LogP contribution < -0.4 is 4.90 Å². The van der Waals surface area contributed by atoms with Gasteiger partial charge in [-0.25, -0.2) is 4.68 Å². The van der Waals surface area contributed by atoms with Gasteiger partial charge in [0.1, 0.15) is 11.7 Å². The molecule has 1 aromatic heterocycles. The minimum atomic E-state index is -0.0808. The Kier molecular flexibility index (Phi) is 4.77. The Morgan fingerprint density at radius 1 is 0.857 bits per heavy atom. The lowest BCUT2D eigenvalue weighted by Crippen LogP contribution is -2.33. The van der Waals surface area contributed by atoms with E-state index >= 15 is 0 Å². The molecule has 1 unspecified atom stereocenters. The molecule has 5 heteroatoms. The molecule has 3 aromatic carbocycles. The Balaban J connectivity index is 1.91. The van der Waals surface area contributed by atoms with Gasteiger partial charge in [0.05, 0.1) is 17.1 Å². The Bertz CT molecular complexity index is 1110. The molecule has 0 aliphatic rings. The molecule has 0 aliphatic heterocycles. The summed E-state index contributed by atoms with van der Waals surface area (Å²) in [6, 6.07) is 28.1. The van der Waals surface area contributed by atoms with Crippen LogP contribution >= 0.6 is 0 Å². The normalized spacial score (nSPS) is 12.1. The van der Waals surface area contributed by atoms with Crippen LogP contribution in [0.15, 0.2) is 78.9 Å². The van der Waals surface area contributed by atoms with Crippen LogP contribution in [0.5, 0.6) is 0 Å². The summed E-state index contributed by atoms with van der Waals surface area (Å²) >= 11 is 0. The van der Waals surface area contributed by atoms with Crippen molar-refractivity contribution in [3.8, 4) is 6.07 Å². The highest BCUT2D eigenvalue weighted by atomic mass is 15.5. The summed E-state index contributed by atoms with van der Waals surface area (Å²) in [5, 5.41) is 18.0. The third-order valence-electron chi connectivity index (χ3n) is 4.80. The number of hydrogen-bond acceptors (Lipinski definition) is 4. The summed E-state index contributed by atoms with van der Waals surface area (Å²) in [5.41, 5.74) is 4.58. The number of para-hydroxylation sites is 2. The summed E-state index contributed by atoms with van der Waals surface area (Å²) in [6.45, 7) is 4.36. The molecular weight excluding hydrogens is 346 g/mol. The number of nitriles is 1. The molecule has 5 nitrogen and oxygen atoms in total. The molecule has 0 spiro atoms. The van der Waals surface area contributed by atoms with E-state index in [9.17, 15) is 0 Å². The van der Waals surface area contributed by atoms with Crippen LogP contribution in [0.1, 0.15) is 25.6 Å². The summed E-state index contributed by atoms with van der Waals surface area (Å²) in [4.78, 5) is 2.26. The van der Waals surface area contributed by atoms with Crippen molar-refractivity contribution in [2.24, 2.45) is 5.92 Å². The van der Waals surface area contributed by atoms with Crippen LogP contribution in [0.2, 0.25) is 0 Å². The fourth-order valence-corrected chi connectivity index (χ4v) is 3.51. The number of aromatic nitrogens is 3. The van der Waals surface area contributed by atoms with E-state index in [4.69, 9.17) is 5.26 Å². The van der Waals surface area contributed by atoms with Crippen molar-refractivity contribution in [1.29, 1.82) is 5.26 Å². The highest BCUT2D eigenvalue weighted by Crippen LogP contribution is 2.37. The molecule has 0 N–H and O–H groups in total. The number of fused-ring (bicyclic) bond motifs is 1. The number of hydrogen-bond donors (Lipinski definition) is 0. The molecule has 0 saturated heterocycles. The second-order valence-corrected chi connectivity index (χ2v) is 7.04. The Labute approximate surface area is 164 Å². The predicted octanol–water partition coefficient (Wildman–Crippen LogP) is 5.30. The molecule has 4 aromatic rings. The average Bonchev–Trinajstić information content (AvgIpc) is 3.16. The van der Waals surface area contributed by atoms with Crippen LogP contribution in [0.25, 0.3) is 11.0 Å². The van der Waals surface area contributed by atoms with E-state index in [0.29, 0.717) is 5.56 Å². The van der Waals surface area contributed by atoms with Gasteiger partial charge >= 0.3 is 0 Å². The van der Waals surface area contributed by atoms with E-state index in [1.807, 2.05) is 71.4 Å². The second kappa shape index (κ2) is 7.53. The SMILES string of the molecule is CC(C)C(N(c1ccccc1)c1ccc(C#N)cc1)n1nnc2ccccc21. The van der Waals surface area contributed by atoms with Crippen molar-refractivity contribution >= 4 is 22.4 Å². The van der Waals surface area contributed by atoms with Crippen LogP contribution in [0.4, 0.5) is 11.4 Å². The number of rotatable bonds is 5. The molecule has 0 fully saturated rings. The molecule has 28 heavy (non-hydrogen) atoms. The van der Waals surface area contributed by atoms with Crippen LogP contribution in [-0.4, -0.2) is 15.0 Å². The maximum atomic E-state index is 9.16. The van der Waals surface area contributed by atoms with Gasteiger partial charge in [-0.15, -0.1) is 5.10 Å². The summed E-state index contributed by atoms with van der Waals surface area (Å²) in [7, 11) is 0. The fraction of sp³-hybridized carbons (Fsp3) is 0.174. The maximum absolute atomic E-state index is 9.16. The van der Waals surface area contributed by atoms with Gasteiger partial charge in [-0.05, 0) is 54.4 Å². The smallest absolute Gasteiger partial charge is 0.132 e. The molecule has 0 bridgehead atoms. The fourth-order valence-electron chi connectivity index (χ4n) is 3.51. The van der Waals surface area contributed by atoms with Gasteiger partial charge in [0.25, 0.3) is 0 Å². The first-order chi connectivity index (χ1) is 13.7. The third kappa shape index (κ3) is 3.21. The first kappa shape index (κ1) is 17.7. The Morgan fingerprint density at radius 3 is 2.18 bits per heavy atom. The molecule has 138 valence electrons. The molecule has 4 rings (SSSR count). The molecular formula is C23H21N5. The van der Waals surface area contributed by atoms with Crippen molar-refractivity contribution < 1.29 is 0 Å². The summed E-state index contributed by atoms with van der Waals surface area (Å²) in [5.74, 6) is 0.251. The van der Waals surface area contributed by atoms with Crippen molar-refractivity contribution in [3.63, 3.8) is 0 Å². The van der Waals surface area contributed by atoms with E-state index in [0.717, 1.165) is 22.4 Å². The van der Waals surface area contributed by atoms with Crippen molar-refractivity contribution in [2.45, 2.75) is 20.0 Å². The minimum Gasteiger partial charge on any atom is -0.318 e. The quantitative estimate of drug-likeness (QED) is 0.480. The lowest BCUT2D eigenvalue weighted by Gasteiger charge is -2.36. The van der Waals surface area contributed by atoms with E-state index in [-0.39, 0.29) is 12.1 Å². The zero-order valence-corrected chi connectivity index (χ0v) is 15.9. The molecule has 0 saturated carbocycles. The first-order valence-electron chi connectivity index (χ1n) is 9.33. The second-order valence-electron chi connectivity index (χ2n) is 7.04. The Morgan fingerprint density at radius 2 is 1.50 bits per heavy atom. The molecule has 1 heterocycles. The highest BCUT2D eigenvalue weighted by Gasteiger charge is 2.28. The van der Waals surface area contributed by atoms with Crippen LogP contribution in [-0.2, 0) is 0 Å². The largest absolute Gasteiger partial charge is 0.318 e. The zero-order chi connectivity index (χ0) is 19.5. The van der Waals surface area contributed by atoms with Gasteiger partial charge in [-0.2, -0.15) is 5.26 Å². The van der Waals surface area contributed by atoms with Crippen LogP contribution in [0.3, 0.4) is 0 Å². The maximum Gasteiger partial charge on any atom is 0.132 e. The molecule has 0 amide bonds. The summed E-state index contributed by atoms with van der Waals surface area (Å²) in [6.07, 6.45) is -0.0808. The van der Waals surface area contributed by atoms with E-state index in [1.54, 1.807) is 0 Å². The highest BCUT2D eigenvalue weighted by molar-refractivity contribution is 5.75. The topological polar surface area (TPSA) is 57.7 Å². The van der Waals surface area contributed by atoms with Gasteiger partial charge < -0.3 is 4.90 Å². The zero-order valence-electron chi connectivity index (χ0n) is 15.9. The average molecular weight is 367 g/mol. The lowest BCUT2D eigenvalue weighted by atomic mass is 10.1. The third-order valence-corrected chi connectivity index (χ3v) is 4.80. The monoisotopic (exact) mass is 367 g/mol. The van der Waals surface area contributed by atoms with Gasteiger partial charge in [0.2, 0.25) is 0 Å². The van der Waals surface area contributed by atoms with Gasteiger partial charge in [0.15, 0.2) is 0 Å². The molecule has 1 atom stereocenters. The molecule has 0 aliphatic carbocycles. The summed E-state index contributed by atoms with van der Waals surface area (Å²) < 4.78 is 1.99. The predicted molar refractivity (Wildman–Crippen MR) is 111 cm³/mol. The van der Waals surface area contributed by atoms with Crippen LogP contribution in [0, 0.1) is 17.2 Å². The number of benzene rings is 3. The van der Waals surface area contributed by atoms with Crippen molar-refractivity contribution in [1.82, 2.24) is 15.0 Å². The lowest BCUT2D eigenvalue weighted by molar-refractivity contribution is 0.354. The van der Waals surface area contributed by atoms with Gasteiger partial charge in [0, 0.05) is 11.4 Å². The van der Waals surface area contributed by atoms with Crippen molar-refractivity contribution in [2.75, 3.05) is 4.90 Å². The van der Waals surface area contributed by atoms with E-state index < -0.39 is 0 Å².